The molecule has 0 amide bonds. The van der Waals surface area contributed by atoms with Crippen LogP contribution in [0.3, 0.4) is 0 Å². The molecular weight excluding hydrogens is 613 g/mol. The molecule has 7 aliphatic rings. The highest BCUT2D eigenvalue weighted by molar-refractivity contribution is 5.83. The first kappa shape index (κ1) is 30.4. The van der Waals surface area contributed by atoms with E-state index in [1.54, 1.807) is 0 Å². The van der Waals surface area contributed by atoms with Gasteiger partial charge in [0.2, 0.25) is 0 Å². The second kappa shape index (κ2) is 12.7. The second-order valence-electron chi connectivity index (χ2n) is 15.1. The molecule has 0 bridgehead atoms. The molecule has 0 nitrogen and oxygen atoms in total. The largest absolute Gasteiger partial charge is 0.0799 e. The molecule has 10 rings (SSSR count). The number of rotatable bonds is 5. The molecule has 0 aliphatic heterocycles. The van der Waals surface area contributed by atoms with Gasteiger partial charge in [0, 0.05) is 35.5 Å². The average molecular weight is 655 g/mol. The number of fused-ring (bicyclic) bond motifs is 6. The molecule has 8 unspecified atom stereocenters. The van der Waals surface area contributed by atoms with Crippen LogP contribution in [0.25, 0.3) is 16.7 Å². The Hall–Kier alpha value is -5.46. The van der Waals surface area contributed by atoms with Gasteiger partial charge in [-0.3, -0.25) is 0 Å². The van der Waals surface area contributed by atoms with E-state index < -0.39 is 0 Å². The fourth-order valence-electron chi connectivity index (χ4n) is 9.84. The molecule has 0 spiro atoms. The molecule has 246 valence electrons. The SMILES string of the molecule is C1=CC2C=CC(C3=c4ccccc4=C(c4ccc(C5=CC6C=CC=CC6C6C=CC=CC56)cc4)C4C=C(Cc5ccccc5)C=CC34)=CC2C=C1. The van der Waals surface area contributed by atoms with Gasteiger partial charge in [-0.1, -0.05) is 194 Å². The molecule has 0 saturated heterocycles. The first-order valence-electron chi connectivity index (χ1n) is 18.8. The van der Waals surface area contributed by atoms with Gasteiger partial charge in [0.15, 0.2) is 0 Å². The van der Waals surface area contributed by atoms with Crippen LogP contribution in [0.4, 0.5) is 0 Å². The summed E-state index contributed by atoms with van der Waals surface area (Å²) < 4.78 is 0. The van der Waals surface area contributed by atoms with Crippen LogP contribution < -0.4 is 10.4 Å². The third kappa shape index (κ3) is 5.37. The normalized spacial score (nSPS) is 30.5. The van der Waals surface area contributed by atoms with E-state index in [0.717, 1.165) is 6.42 Å². The van der Waals surface area contributed by atoms with E-state index in [4.69, 9.17) is 0 Å². The van der Waals surface area contributed by atoms with Crippen molar-refractivity contribution in [3.63, 3.8) is 0 Å². The maximum Gasteiger partial charge on any atom is 0.0140 e. The topological polar surface area (TPSA) is 0 Å². The molecular formula is C51H42. The van der Waals surface area contributed by atoms with Crippen molar-refractivity contribution >= 4 is 16.7 Å². The Kier molecular flexibility index (Phi) is 7.56. The zero-order valence-electron chi connectivity index (χ0n) is 28.8. The predicted molar refractivity (Wildman–Crippen MR) is 213 cm³/mol. The Balaban J connectivity index is 1.11. The first-order chi connectivity index (χ1) is 25.3. The van der Waals surface area contributed by atoms with Gasteiger partial charge in [0.05, 0.1) is 0 Å². The molecule has 0 N–H and O–H groups in total. The molecule has 7 aliphatic carbocycles. The van der Waals surface area contributed by atoms with E-state index in [9.17, 15) is 0 Å². The summed E-state index contributed by atoms with van der Waals surface area (Å²) in [5, 5.41) is 2.73. The van der Waals surface area contributed by atoms with Gasteiger partial charge in [0.1, 0.15) is 0 Å². The summed E-state index contributed by atoms with van der Waals surface area (Å²) in [7, 11) is 0. The lowest BCUT2D eigenvalue weighted by Crippen LogP contribution is -2.40. The van der Waals surface area contributed by atoms with Crippen LogP contribution in [-0.4, -0.2) is 0 Å². The van der Waals surface area contributed by atoms with Gasteiger partial charge in [-0.15, -0.1) is 0 Å². The number of benzene rings is 3. The predicted octanol–water partition coefficient (Wildman–Crippen LogP) is 9.99. The molecule has 8 atom stereocenters. The Morgan fingerprint density at radius 2 is 1.08 bits per heavy atom. The fraction of sp³-hybridized carbons (Fsp3) is 0.176. The van der Waals surface area contributed by atoms with Crippen LogP contribution >= 0.6 is 0 Å². The molecule has 3 aromatic carbocycles. The van der Waals surface area contributed by atoms with Crippen LogP contribution in [0.15, 0.2) is 205 Å². The summed E-state index contributed by atoms with van der Waals surface area (Å²) in [6.07, 6.45) is 46.0. The van der Waals surface area contributed by atoms with E-state index in [1.165, 1.54) is 55.0 Å². The number of allylic oxidation sites excluding steroid dienone is 22. The standard InChI is InChI=1S/C51H42/c1-2-12-34(13-3-1)30-35-22-29-47-49(31-35)50(45-20-10-11-21-46(45)51(47)41-28-23-36-14-4-5-15-39(36)32-41)38-26-24-37(25-27-38)48-33-40-16-6-7-17-42(40)43-18-8-9-19-44(43)48/h1-29,31-33,36,39-40,42-44,47,49H,30H2. The Labute approximate surface area is 302 Å². The van der Waals surface area contributed by atoms with Crippen LogP contribution in [-0.2, 0) is 6.42 Å². The Morgan fingerprint density at radius 1 is 0.412 bits per heavy atom. The van der Waals surface area contributed by atoms with Crippen LogP contribution in [0.1, 0.15) is 16.7 Å². The molecule has 0 radical (unpaired) electrons. The Morgan fingerprint density at radius 3 is 1.90 bits per heavy atom. The van der Waals surface area contributed by atoms with E-state index >= 15 is 0 Å². The summed E-state index contributed by atoms with van der Waals surface area (Å²) in [6, 6.07) is 29.7. The van der Waals surface area contributed by atoms with Crippen molar-refractivity contribution in [2.24, 2.45) is 47.3 Å². The molecule has 51 heavy (non-hydrogen) atoms. The minimum Gasteiger partial charge on any atom is -0.0799 e. The van der Waals surface area contributed by atoms with Gasteiger partial charge in [-0.2, -0.15) is 0 Å². The van der Waals surface area contributed by atoms with Crippen molar-refractivity contribution in [2.75, 3.05) is 0 Å². The smallest absolute Gasteiger partial charge is 0.0140 e. The average Bonchev–Trinajstić information content (AvgIpc) is 3.20. The maximum atomic E-state index is 2.59. The van der Waals surface area contributed by atoms with Gasteiger partial charge < -0.3 is 0 Å². The summed E-state index contributed by atoms with van der Waals surface area (Å²) in [5.74, 6) is 3.22. The lowest BCUT2D eigenvalue weighted by Gasteiger charge is -2.40. The maximum absolute atomic E-state index is 2.59. The third-order valence-corrected chi connectivity index (χ3v) is 12.2. The highest BCUT2D eigenvalue weighted by atomic mass is 14.4. The van der Waals surface area contributed by atoms with Gasteiger partial charge in [-0.25, -0.2) is 0 Å². The zero-order valence-corrected chi connectivity index (χ0v) is 28.8. The van der Waals surface area contributed by atoms with E-state index in [2.05, 4.69) is 194 Å². The summed E-state index contributed by atoms with van der Waals surface area (Å²) in [5.41, 5.74) is 11.1. The van der Waals surface area contributed by atoms with Crippen LogP contribution in [0.2, 0.25) is 0 Å². The van der Waals surface area contributed by atoms with E-state index in [-0.39, 0.29) is 11.8 Å². The summed E-state index contributed by atoms with van der Waals surface area (Å²) in [4.78, 5) is 0. The van der Waals surface area contributed by atoms with Crippen molar-refractivity contribution in [1.82, 2.24) is 0 Å². The quantitative estimate of drug-likeness (QED) is 0.257. The fourth-order valence-corrected chi connectivity index (χ4v) is 9.84. The lowest BCUT2D eigenvalue weighted by atomic mass is 9.63. The molecule has 0 saturated carbocycles. The number of hydrogen-bond acceptors (Lipinski definition) is 0. The van der Waals surface area contributed by atoms with Crippen LogP contribution in [0, 0.1) is 47.3 Å². The van der Waals surface area contributed by atoms with E-state index in [1.807, 2.05) is 0 Å². The van der Waals surface area contributed by atoms with Crippen molar-refractivity contribution in [3.8, 4) is 0 Å². The molecule has 0 heterocycles. The van der Waals surface area contributed by atoms with Crippen molar-refractivity contribution in [2.45, 2.75) is 6.42 Å². The Bertz CT molecular complexity index is 2350. The van der Waals surface area contributed by atoms with Gasteiger partial charge >= 0.3 is 0 Å². The van der Waals surface area contributed by atoms with Crippen LogP contribution in [0.5, 0.6) is 0 Å². The minimum absolute atomic E-state index is 0.239. The third-order valence-electron chi connectivity index (χ3n) is 12.2. The first-order valence-corrected chi connectivity index (χ1v) is 18.8. The van der Waals surface area contributed by atoms with Crippen molar-refractivity contribution in [3.05, 3.63) is 233 Å². The zero-order chi connectivity index (χ0) is 33.7. The highest BCUT2D eigenvalue weighted by Gasteiger charge is 2.38. The van der Waals surface area contributed by atoms with Crippen molar-refractivity contribution < 1.29 is 0 Å². The van der Waals surface area contributed by atoms with Gasteiger partial charge in [0.25, 0.3) is 0 Å². The van der Waals surface area contributed by atoms with E-state index in [0.29, 0.717) is 35.5 Å². The molecule has 0 heteroatoms. The lowest BCUT2D eigenvalue weighted by molar-refractivity contribution is 0.357. The monoisotopic (exact) mass is 654 g/mol. The summed E-state index contributed by atoms with van der Waals surface area (Å²) >= 11 is 0. The second-order valence-corrected chi connectivity index (χ2v) is 15.1. The highest BCUT2D eigenvalue weighted by Crippen LogP contribution is 2.48. The minimum atomic E-state index is 0.239. The summed E-state index contributed by atoms with van der Waals surface area (Å²) in [6.45, 7) is 0. The van der Waals surface area contributed by atoms with Crippen molar-refractivity contribution in [1.29, 1.82) is 0 Å². The molecule has 0 aromatic heterocycles. The molecule has 3 aromatic rings. The number of hydrogen-bond donors (Lipinski definition) is 0. The van der Waals surface area contributed by atoms with Gasteiger partial charge in [-0.05, 0) is 73.2 Å². The molecule has 0 fully saturated rings.